The van der Waals surface area contributed by atoms with Crippen LogP contribution in [0.2, 0.25) is 0 Å². The molecule has 4 heteroatoms. The van der Waals surface area contributed by atoms with Crippen molar-refractivity contribution < 1.29 is 4.42 Å². The third kappa shape index (κ3) is 3.41. The number of furan rings is 1. The first-order valence-corrected chi connectivity index (χ1v) is 6.43. The predicted molar refractivity (Wildman–Crippen MR) is 70.8 cm³/mol. The highest BCUT2D eigenvalue weighted by Crippen LogP contribution is 2.20. The summed E-state index contributed by atoms with van der Waals surface area (Å²) in [5.41, 5.74) is 2.37. The van der Waals surface area contributed by atoms with Crippen LogP contribution in [0.4, 0.5) is 0 Å². The molecule has 1 N–H and O–H groups in total. The van der Waals surface area contributed by atoms with Crippen molar-refractivity contribution in [3.63, 3.8) is 0 Å². The molecule has 17 heavy (non-hydrogen) atoms. The summed E-state index contributed by atoms with van der Waals surface area (Å²) in [6.07, 6.45) is 8.10. The largest absolute Gasteiger partial charge is 0.472 e. The molecular weight excluding hydrogens is 280 g/mol. The van der Waals surface area contributed by atoms with Crippen molar-refractivity contribution in [2.45, 2.75) is 19.4 Å². The number of nitrogens with one attached hydrogen (secondary N) is 1. The molecule has 0 saturated heterocycles. The van der Waals surface area contributed by atoms with E-state index >= 15 is 0 Å². The molecule has 0 bridgehead atoms. The first kappa shape index (κ1) is 12.3. The molecule has 0 aliphatic carbocycles. The van der Waals surface area contributed by atoms with E-state index < -0.39 is 0 Å². The van der Waals surface area contributed by atoms with Crippen LogP contribution in [0, 0.1) is 0 Å². The van der Waals surface area contributed by atoms with Crippen molar-refractivity contribution in [3.8, 4) is 0 Å². The van der Waals surface area contributed by atoms with Crippen LogP contribution in [0.25, 0.3) is 0 Å². The van der Waals surface area contributed by atoms with E-state index in [0.717, 1.165) is 17.4 Å². The van der Waals surface area contributed by atoms with E-state index in [9.17, 15) is 0 Å². The number of nitrogens with zero attached hydrogens (tertiary/aromatic N) is 1. The van der Waals surface area contributed by atoms with Gasteiger partial charge in [0.15, 0.2) is 0 Å². The van der Waals surface area contributed by atoms with E-state index in [-0.39, 0.29) is 6.04 Å². The molecule has 1 unspecified atom stereocenters. The summed E-state index contributed by atoms with van der Waals surface area (Å²) in [5.74, 6) is 0. The fourth-order valence-electron chi connectivity index (χ4n) is 1.82. The van der Waals surface area contributed by atoms with Crippen molar-refractivity contribution in [3.05, 3.63) is 52.7 Å². The lowest BCUT2D eigenvalue weighted by Crippen LogP contribution is -2.22. The number of likely N-dealkylation sites (N-methyl/N-ethyl adjacent to an activating group) is 1. The van der Waals surface area contributed by atoms with E-state index in [1.807, 2.05) is 12.3 Å². The van der Waals surface area contributed by atoms with Crippen LogP contribution < -0.4 is 5.32 Å². The van der Waals surface area contributed by atoms with E-state index in [4.69, 9.17) is 4.42 Å². The molecule has 0 amide bonds. The summed E-state index contributed by atoms with van der Waals surface area (Å²) in [6.45, 7) is 3.03. The van der Waals surface area contributed by atoms with Gasteiger partial charge in [0.25, 0.3) is 0 Å². The fraction of sp³-hybridized carbons (Fsp3) is 0.308. The monoisotopic (exact) mass is 294 g/mol. The van der Waals surface area contributed by atoms with E-state index in [1.54, 1.807) is 18.7 Å². The quantitative estimate of drug-likeness (QED) is 0.919. The lowest BCUT2D eigenvalue weighted by molar-refractivity contribution is 0.533. The standard InChI is InChI=1S/C13H15BrN2O/c1-2-16-13(5-10-3-4-17-9-10)11-6-12(14)8-15-7-11/h3-4,6-9,13,16H,2,5H2,1H3. The lowest BCUT2D eigenvalue weighted by atomic mass is 10.0. The fourth-order valence-corrected chi connectivity index (χ4v) is 2.20. The van der Waals surface area contributed by atoms with Crippen molar-refractivity contribution >= 4 is 15.9 Å². The van der Waals surface area contributed by atoms with Gasteiger partial charge in [-0.25, -0.2) is 0 Å². The van der Waals surface area contributed by atoms with Gasteiger partial charge in [-0.1, -0.05) is 6.92 Å². The van der Waals surface area contributed by atoms with Gasteiger partial charge in [-0.15, -0.1) is 0 Å². The second-order valence-electron chi connectivity index (χ2n) is 3.88. The molecule has 1 atom stereocenters. The Balaban J connectivity index is 2.16. The van der Waals surface area contributed by atoms with Crippen LogP contribution in [0.3, 0.4) is 0 Å². The number of aromatic nitrogens is 1. The molecule has 2 aromatic heterocycles. The molecule has 2 heterocycles. The average Bonchev–Trinajstić information content (AvgIpc) is 2.81. The van der Waals surface area contributed by atoms with Crippen LogP contribution in [-0.2, 0) is 6.42 Å². The first-order valence-electron chi connectivity index (χ1n) is 5.64. The summed E-state index contributed by atoms with van der Waals surface area (Å²) in [7, 11) is 0. The maximum atomic E-state index is 5.10. The summed E-state index contributed by atoms with van der Waals surface area (Å²) in [4.78, 5) is 4.21. The van der Waals surface area contributed by atoms with E-state index in [2.05, 4.69) is 39.2 Å². The van der Waals surface area contributed by atoms with Gasteiger partial charge < -0.3 is 9.73 Å². The Bertz CT molecular complexity index is 456. The molecule has 0 spiro atoms. The minimum atomic E-state index is 0.266. The summed E-state index contributed by atoms with van der Waals surface area (Å²) < 4.78 is 6.11. The summed E-state index contributed by atoms with van der Waals surface area (Å²) in [5, 5.41) is 3.46. The summed E-state index contributed by atoms with van der Waals surface area (Å²) in [6, 6.07) is 4.36. The molecule has 2 aromatic rings. The lowest BCUT2D eigenvalue weighted by Gasteiger charge is -2.17. The topological polar surface area (TPSA) is 38.1 Å². The Kier molecular flexibility index (Phi) is 4.34. The van der Waals surface area contributed by atoms with Gasteiger partial charge in [0.05, 0.1) is 12.5 Å². The molecule has 0 radical (unpaired) electrons. The van der Waals surface area contributed by atoms with Gasteiger partial charge in [0.2, 0.25) is 0 Å². The zero-order valence-corrected chi connectivity index (χ0v) is 11.3. The van der Waals surface area contributed by atoms with Gasteiger partial charge >= 0.3 is 0 Å². The zero-order valence-electron chi connectivity index (χ0n) is 9.69. The highest BCUT2D eigenvalue weighted by molar-refractivity contribution is 9.10. The highest BCUT2D eigenvalue weighted by Gasteiger charge is 2.12. The average molecular weight is 295 g/mol. The summed E-state index contributed by atoms with van der Waals surface area (Å²) >= 11 is 3.45. The number of halogens is 1. The number of hydrogen-bond donors (Lipinski definition) is 1. The van der Waals surface area contributed by atoms with Crippen molar-refractivity contribution in [2.75, 3.05) is 6.54 Å². The smallest absolute Gasteiger partial charge is 0.0935 e. The Morgan fingerprint density at radius 2 is 2.35 bits per heavy atom. The molecule has 90 valence electrons. The molecular formula is C13H15BrN2O. The maximum Gasteiger partial charge on any atom is 0.0935 e. The molecule has 0 aliphatic heterocycles. The highest BCUT2D eigenvalue weighted by atomic mass is 79.9. The van der Waals surface area contributed by atoms with Gasteiger partial charge in [0.1, 0.15) is 0 Å². The Labute approximate surface area is 109 Å². The second kappa shape index (κ2) is 5.98. The van der Waals surface area contributed by atoms with Crippen LogP contribution in [0.5, 0.6) is 0 Å². The first-order chi connectivity index (χ1) is 8.29. The predicted octanol–water partition coefficient (Wildman–Crippen LogP) is 3.33. The Morgan fingerprint density at radius 1 is 1.47 bits per heavy atom. The minimum Gasteiger partial charge on any atom is -0.472 e. The normalized spacial score (nSPS) is 12.6. The Morgan fingerprint density at radius 3 is 3.00 bits per heavy atom. The SMILES string of the molecule is CCNC(Cc1ccoc1)c1cncc(Br)c1. The van der Waals surface area contributed by atoms with Crippen molar-refractivity contribution in [1.29, 1.82) is 0 Å². The number of hydrogen-bond acceptors (Lipinski definition) is 3. The van der Waals surface area contributed by atoms with Crippen LogP contribution in [0.1, 0.15) is 24.1 Å². The molecule has 2 rings (SSSR count). The van der Waals surface area contributed by atoms with Crippen LogP contribution in [0.15, 0.2) is 45.9 Å². The Hall–Kier alpha value is -1.13. The van der Waals surface area contributed by atoms with Gasteiger partial charge in [-0.2, -0.15) is 0 Å². The van der Waals surface area contributed by atoms with E-state index in [1.165, 1.54) is 11.1 Å². The van der Waals surface area contributed by atoms with Crippen molar-refractivity contribution in [1.82, 2.24) is 10.3 Å². The number of rotatable bonds is 5. The molecule has 0 aromatic carbocycles. The molecule has 0 aliphatic rings. The van der Waals surface area contributed by atoms with E-state index in [0.29, 0.717) is 0 Å². The third-order valence-electron chi connectivity index (χ3n) is 2.60. The second-order valence-corrected chi connectivity index (χ2v) is 4.80. The molecule has 0 fully saturated rings. The van der Waals surface area contributed by atoms with Gasteiger partial charge in [0, 0.05) is 22.9 Å². The van der Waals surface area contributed by atoms with Crippen LogP contribution in [-0.4, -0.2) is 11.5 Å². The zero-order chi connectivity index (χ0) is 12.1. The maximum absolute atomic E-state index is 5.10. The third-order valence-corrected chi connectivity index (χ3v) is 3.03. The van der Waals surface area contributed by atoms with Crippen molar-refractivity contribution in [2.24, 2.45) is 0 Å². The minimum absolute atomic E-state index is 0.266. The molecule has 3 nitrogen and oxygen atoms in total. The van der Waals surface area contributed by atoms with Crippen LogP contribution >= 0.6 is 15.9 Å². The van der Waals surface area contributed by atoms with Gasteiger partial charge in [-0.05, 0) is 52.2 Å². The molecule has 0 saturated carbocycles. The number of pyridine rings is 1. The van der Waals surface area contributed by atoms with Gasteiger partial charge in [-0.3, -0.25) is 4.98 Å².